The molecule has 0 amide bonds. The molecule has 78 valence electrons. The number of imidazole rings is 1. The maximum atomic E-state index is 4.29. The maximum Gasteiger partial charge on any atom is 0.156 e. The van der Waals surface area contributed by atoms with E-state index in [1.165, 1.54) is 0 Å². The fourth-order valence-electron chi connectivity index (χ4n) is 1.36. The van der Waals surface area contributed by atoms with Crippen LogP contribution in [-0.4, -0.2) is 27.0 Å². The van der Waals surface area contributed by atoms with Crippen molar-refractivity contribution in [1.29, 1.82) is 0 Å². The number of rotatable bonds is 3. The Morgan fingerprint density at radius 1 is 1.40 bits per heavy atom. The van der Waals surface area contributed by atoms with E-state index in [2.05, 4.69) is 25.3 Å². The first-order valence-electron chi connectivity index (χ1n) is 4.78. The van der Waals surface area contributed by atoms with Crippen molar-refractivity contribution >= 4 is 0 Å². The second-order valence-corrected chi connectivity index (χ2v) is 3.28. The average molecular weight is 203 g/mol. The van der Waals surface area contributed by atoms with Gasteiger partial charge in [0.05, 0.1) is 6.20 Å². The highest BCUT2D eigenvalue weighted by atomic mass is 15.0. The normalized spacial score (nSPS) is 10.5. The second-order valence-electron chi connectivity index (χ2n) is 3.28. The van der Waals surface area contributed by atoms with Crippen molar-refractivity contribution in [1.82, 2.24) is 25.3 Å². The molecular weight excluding hydrogens is 190 g/mol. The van der Waals surface area contributed by atoms with Crippen LogP contribution in [-0.2, 0) is 6.54 Å². The number of hydrogen-bond donors (Lipinski definition) is 2. The van der Waals surface area contributed by atoms with Crippen LogP contribution in [0.25, 0.3) is 11.5 Å². The predicted octanol–water partition coefficient (Wildman–Crippen LogP) is 0.895. The Morgan fingerprint density at radius 2 is 2.27 bits per heavy atom. The third kappa shape index (κ3) is 2.19. The summed E-state index contributed by atoms with van der Waals surface area (Å²) in [5, 5.41) is 3.06. The highest BCUT2D eigenvalue weighted by Crippen LogP contribution is 2.11. The van der Waals surface area contributed by atoms with Crippen molar-refractivity contribution in [2.75, 3.05) is 7.05 Å². The summed E-state index contributed by atoms with van der Waals surface area (Å²) in [7, 11) is 1.90. The number of H-pyrrole nitrogens is 1. The van der Waals surface area contributed by atoms with E-state index in [-0.39, 0.29) is 0 Å². The Balaban J connectivity index is 2.29. The molecule has 0 fully saturated rings. The van der Waals surface area contributed by atoms with Crippen molar-refractivity contribution in [2.24, 2.45) is 0 Å². The molecule has 2 heterocycles. The van der Waals surface area contributed by atoms with Crippen molar-refractivity contribution in [3.05, 3.63) is 30.0 Å². The number of aromatic amines is 1. The van der Waals surface area contributed by atoms with Gasteiger partial charge < -0.3 is 10.3 Å². The lowest BCUT2D eigenvalue weighted by atomic mass is 10.4. The topological polar surface area (TPSA) is 66.5 Å². The molecule has 0 saturated heterocycles. The van der Waals surface area contributed by atoms with Gasteiger partial charge in [-0.15, -0.1) is 0 Å². The van der Waals surface area contributed by atoms with Crippen LogP contribution in [0.5, 0.6) is 0 Å². The van der Waals surface area contributed by atoms with Crippen LogP contribution < -0.4 is 5.32 Å². The molecular formula is C10H13N5. The summed E-state index contributed by atoms with van der Waals surface area (Å²) in [5.41, 5.74) is 1.87. The molecule has 0 spiro atoms. The van der Waals surface area contributed by atoms with Gasteiger partial charge in [0, 0.05) is 18.4 Å². The van der Waals surface area contributed by atoms with Gasteiger partial charge >= 0.3 is 0 Å². The quantitative estimate of drug-likeness (QED) is 0.777. The molecule has 15 heavy (non-hydrogen) atoms. The molecule has 0 aliphatic carbocycles. The molecule has 2 N–H and O–H groups in total. The van der Waals surface area contributed by atoms with Gasteiger partial charge in [-0.2, -0.15) is 0 Å². The maximum absolute atomic E-state index is 4.29. The first-order chi connectivity index (χ1) is 7.29. The van der Waals surface area contributed by atoms with E-state index < -0.39 is 0 Å². The molecule has 0 atom stereocenters. The van der Waals surface area contributed by atoms with Gasteiger partial charge in [0.25, 0.3) is 0 Å². The summed E-state index contributed by atoms with van der Waals surface area (Å²) in [4.78, 5) is 15.8. The van der Waals surface area contributed by atoms with Gasteiger partial charge in [0.2, 0.25) is 0 Å². The number of hydrogen-bond acceptors (Lipinski definition) is 4. The van der Waals surface area contributed by atoms with Crippen molar-refractivity contribution in [3.63, 3.8) is 0 Å². The van der Waals surface area contributed by atoms with Crippen LogP contribution in [0.2, 0.25) is 0 Å². The molecule has 2 aromatic rings. The van der Waals surface area contributed by atoms with E-state index in [1.807, 2.05) is 26.2 Å². The van der Waals surface area contributed by atoms with Gasteiger partial charge in [-0.25, -0.2) is 15.0 Å². The summed E-state index contributed by atoms with van der Waals surface area (Å²) in [6.07, 6.45) is 3.54. The number of aromatic nitrogens is 4. The van der Waals surface area contributed by atoms with E-state index >= 15 is 0 Å². The SMILES string of the molecule is CNCc1cnc(-c2ccnc(C)n2)[nH]1. The molecule has 0 saturated carbocycles. The van der Waals surface area contributed by atoms with Gasteiger partial charge in [-0.05, 0) is 20.0 Å². The molecule has 0 bridgehead atoms. The smallest absolute Gasteiger partial charge is 0.156 e. The summed E-state index contributed by atoms with van der Waals surface area (Å²) in [5.74, 6) is 1.53. The highest BCUT2D eigenvalue weighted by molar-refractivity contribution is 5.48. The number of nitrogens with one attached hydrogen (secondary N) is 2. The van der Waals surface area contributed by atoms with E-state index in [4.69, 9.17) is 0 Å². The first-order valence-corrected chi connectivity index (χ1v) is 4.78. The van der Waals surface area contributed by atoms with Crippen LogP contribution in [0.1, 0.15) is 11.5 Å². The minimum atomic E-state index is 0.749. The summed E-state index contributed by atoms with van der Waals surface area (Å²) in [6.45, 7) is 2.64. The van der Waals surface area contributed by atoms with Crippen LogP contribution in [0.15, 0.2) is 18.5 Å². The lowest BCUT2D eigenvalue weighted by Gasteiger charge is -1.97. The largest absolute Gasteiger partial charge is 0.339 e. The summed E-state index contributed by atoms with van der Waals surface area (Å²) in [6, 6.07) is 1.84. The Hall–Kier alpha value is -1.75. The van der Waals surface area contributed by atoms with Crippen LogP contribution in [0.3, 0.4) is 0 Å². The first kappa shape index (κ1) is 9.79. The highest BCUT2D eigenvalue weighted by Gasteiger charge is 2.04. The molecule has 5 heteroatoms. The van der Waals surface area contributed by atoms with E-state index in [0.29, 0.717) is 0 Å². The fourth-order valence-corrected chi connectivity index (χ4v) is 1.36. The van der Waals surface area contributed by atoms with E-state index in [9.17, 15) is 0 Å². The second kappa shape index (κ2) is 4.18. The Bertz CT molecular complexity index is 449. The molecule has 0 aliphatic heterocycles. The van der Waals surface area contributed by atoms with Crippen LogP contribution in [0.4, 0.5) is 0 Å². The van der Waals surface area contributed by atoms with Crippen molar-refractivity contribution in [2.45, 2.75) is 13.5 Å². The fraction of sp³-hybridized carbons (Fsp3) is 0.300. The molecule has 0 aliphatic rings. The lowest BCUT2D eigenvalue weighted by Crippen LogP contribution is -2.05. The van der Waals surface area contributed by atoms with Gasteiger partial charge in [-0.1, -0.05) is 0 Å². The van der Waals surface area contributed by atoms with Gasteiger partial charge in [0.1, 0.15) is 11.5 Å². The molecule has 0 radical (unpaired) electrons. The third-order valence-corrected chi connectivity index (χ3v) is 2.01. The minimum Gasteiger partial charge on any atom is -0.339 e. The van der Waals surface area contributed by atoms with Gasteiger partial charge in [0.15, 0.2) is 5.82 Å². The lowest BCUT2D eigenvalue weighted by molar-refractivity contribution is 0.797. The molecule has 2 rings (SSSR count). The molecule has 0 unspecified atom stereocenters. The molecule has 5 nitrogen and oxygen atoms in total. The molecule has 2 aromatic heterocycles. The third-order valence-electron chi connectivity index (χ3n) is 2.01. The van der Waals surface area contributed by atoms with Crippen molar-refractivity contribution < 1.29 is 0 Å². The van der Waals surface area contributed by atoms with E-state index in [1.54, 1.807) is 6.20 Å². The van der Waals surface area contributed by atoms with E-state index in [0.717, 1.165) is 29.6 Å². The monoisotopic (exact) mass is 203 g/mol. The Labute approximate surface area is 88.0 Å². The van der Waals surface area contributed by atoms with Crippen LogP contribution >= 0.6 is 0 Å². The van der Waals surface area contributed by atoms with Gasteiger partial charge in [-0.3, -0.25) is 0 Å². The van der Waals surface area contributed by atoms with Crippen molar-refractivity contribution in [3.8, 4) is 11.5 Å². The predicted molar refractivity (Wildman–Crippen MR) is 57.1 cm³/mol. The zero-order chi connectivity index (χ0) is 10.7. The number of aryl methyl sites for hydroxylation is 1. The minimum absolute atomic E-state index is 0.749. The Morgan fingerprint density at radius 3 is 3.00 bits per heavy atom. The molecule has 0 aromatic carbocycles. The average Bonchev–Trinajstić information content (AvgIpc) is 2.67. The Kier molecular flexibility index (Phi) is 2.73. The summed E-state index contributed by atoms with van der Waals surface area (Å²) >= 11 is 0. The standard InChI is InChI=1S/C10H13N5/c1-7-12-4-3-9(14-7)10-13-6-8(15-10)5-11-2/h3-4,6,11H,5H2,1-2H3,(H,13,15). The summed E-state index contributed by atoms with van der Waals surface area (Å²) < 4.78 is 0. The number of nitrogens with zero attached hydrogens (tertiary/aromatic N) is 3. The zero-order valence-electron chi connectivity index (χ0n) is 8.78. The van der Waals surface area contributed by atoms with Crippen LogP contribution in [0, 0.1) is 6.92 Å². The zero-order valence-corrected chi connectivity index (χ0v) is 8.78.